The maximum absolute atomic E-state index is 12.5. The Morgan fingerprint density at radius 3 is 2.62 bits per heavy atom. The van der Waals surface area contributed by atoms with Crippen LogP contribution in [0.15, 0.2) is 6.20 Å². The number of aromatic nitrogens is 1. The highest BCUT2D eigenvalue weighted by molar-refractivity contribution is 14.1. The van der Waals surface area contributed by atoms with Gasteiger partial charge in [0.05, 0.1) is 0 Å². The van der Waals surface area contributed by atoms with Gasteiger partial charge in [0.1, 0.15) is 0 Å². The maximum atomic E-state index is 12.5. The molecule has 0 spiro atoms. The molecule has 0 aliphatic rings. The van der Waals surface area contributed by atoms with Crippen LogP contribution in [0.25, 0.3) is 0 Å². The summed E-state index contributed by atoms with van der Waals surface area (Å²) < 4.78 is 25.2. The van der Waals surface area contributed by atoms with E-state index in [9.17, 15) is 13.6 Å². The molecule has 0 amide bonds. The molecule has 0 aliphatic heterocycles. The van der Waals surface area contributed by atoms with Gasteiger partial charge in [-0.05, 0) is 29.5 Å². The van der Waals surface area contributed by atoms with Gasteiger partial charge in [0.25, 0.3) is 6.43 Å². The molecule has 5 heteroatoms. The van der Waals surface area contributed by atoms with E-state index in [-0.39, 0.29) is 11.1 Å². The third-order valence-electron chi connectivity index (χ3n) is 1.64. The fourth-order valence-electron chi connectivity index (χ4n) is 0.987. The van der Waals surface area contributed by atoms with Crippen LogP contribution < -0.4 is 0 Å². The summed E-state index contributed by atoms with van der Waals surface area (Å²) >= 11 is 1.74. The first-order valence-corrected chi connectivity index (χ1v) is 4.54. The van der Waals surface area contributed by atoms with Crippen LogP contribution >= 0.6 is 22.6 Å². The quantitative estimate of drug-likeness (QED) is 0.620. The molecular formula is C8H6F2INO. The second-order valence-corrected chi connectivity index (χ2v) is 3.60. The summed E-state index contributed by atoms with van der Waals surface area (Å²) in [5, 5.41) is 0. The van der Waals surface area contributed by atoms with Crippen molar-refractivity contribution in [3.63, 3.8) is 0 Å². The minimum Gasteiger partial charge on any atom is -0.298 e. The smallest absolute Gasteiger partial charge is 0.265 e. The van der Waals surface area contributed by atoms with Crippen LogP contribution in [-0.4, -0.2) is 11.3 Å². The molecule has 0 saturated carbocycles. The Balaban J connectivity index is 3.43. The molecule has 70 valence electrons. The lowest BCUT2D eigenvalue weighted by Gasteiger charge is -2.07. The van der Waals surface area contributed by atoms with Crippen LogP contribution in [0, 0.1) is 10.5 Å². The Bertz CT molecular complexity index is 341. The average molecular weight is 297 g/mol. The molecule has 0 unspecified atom stereocenters. The summed E-state index contributed by atoms with van der Waals surface area (Å²) in [6.45, 7) is 1.53. The Hall–Kier alpha value is -0.590. The van der Waals surface area contributed by atoms with Crippen molar-refractivity contribution in [2.75, 3.05) is 0 Å². The minimum absolute atomic E-state index is 0.00176. The Morgan fingerprint density at radius 1 is 1.62 bits per heavy atom. The first-order valence-electron chi connectivity index (χ1n) is 3.46. The molecule has 1 rings (SSSR count). The molecule has 0 aromatic carbocycles. The molecular weight excluding hydrogens is 291 g/mol. The number of carbonyl (C=O) groups excluding carboxylic acids is 1. The van der Waals surface area contributed by atoms with Crippen LogP contribution in [0.5, 0.6) is 0 Å². The number of alkyl halides is 2. The molecule has 13 heavy (non-hydrogen) atoms. The van der Waals surface area contributed by atoms with E-state index < -0.39 is 6.43 Å². The van der Waals surface area contributed by atoms with Crippen molar-refractivity contribution in [1.29, 1.82) is 0 Å². The first kappa shape index (κ1) is 10.5. The van der Waals surface area contributed by atoms with E-state index >= 15 is 0 Å². The van der Waals surface area contributed by atoms with Crippen molar-refractivity contribution in [2.45, 2.75) is 13.3 Å². The summed E-state index contributed by atoms with van der Waals surface area (Å²) in [5.41, 5.74) is 0.121. The van der Waals surface area contributed by atoms with Crippen LogP contribution in [0.3, 0.4) is 0 Å². The molecule has 0 aliphatic carbocycles. The molecule has 0 bridgehead atoms. The van der Waals surface area contributed by atoms with E-state index in [2.05, 4.69) is 4.98 Å². The fourth-order valence-corrected chi connectivity index (χ4v) is 1.65. The van der Waals surface area contributed by atoms with Crippen molar-refractivity contribution in [3.05, 3.63) is 26.6 Å². The predicted molar refractivity (Wildman–Crippen MR) is 52.0 cm³/mol. The van der Waals surface area contributed by atoms with Gasteiger partial charge in [0.2, 0.25) is 0 Å². The molecule has 1 aromatic rings. The lowest BCUT2D eigenvalue weighted by atomic mass is 10.1. The normalized spacial score (nSPS) is 10.5. The van der Waals surface area contributed by atoms with E-state index in [4.69, 9.17) is 0 Å². The molecule has 0 N–H and O–H groups in total. The predicted octanol–water partition coefficient (Wildman–Crippen LogP) is 2.74. The van der Waals surface area contributed by atoms with Crippen molar-refractivity contribution in [1.82, 2.24) is 4.98 Å². The molecule has 2 nitrogen and oxygen atoms in total. The number of hydrogen-bond acceptors (Lipinski definition) is 2. The third-order valence-corrected chi connectivity index (χ3v) is 2.50. The van der Waals surface area contributed by atoms with Crippen LogP contribution in [-0.2, 0) is 0 Å². The molecule has 1 aromatic heterocycles. The van der Waals surface area contributed by atoms with E-state index in [0.717, 1.165) is 0 Å². The summed E-state index contributed by atoms with van der Waals surface area (Å²) in [5.74, 6) is 0. The molecule has 0 saturated heterocycles. The number of aldehydes is 1. The van der Waals surface area contributed by atoms with Crippen molar-refractivity contribution < 1.29 is 13.6 Å². The first-order chi connectivity index (χ1) is 6.07. The van der Waals surface area contributed by atoms with Crippen molar-refractivity contribution in [3.8, 4) is 0 Å². The van der Waals surface area contributed by atoms with Crippen molar-refractivity contribution >= 4 is 28.9 Å². The second-order valence-electron chi connectivity index (χ2n) is 2.44. The summed E-state index contributed by atoms with van der Waals surface area (Å²) in [6, 6.07) is 0. The zero-order valence-electron chi connectivity index (χ0n) is 6.72. The van der Waals surface area contributed by atoms with Crippen LogP contribution in [0.4, 0.5) is 8.78 Å². The standard InChI is InChI=1S/C8H6F2INO/c1-4-5(3-13)7(8(9)10)6(11)2-12-4/h2-3,8H,1H3. The Labute approximate surface area is 87.5 Å². The summed E-state index contributed by atoms with van der Waals surface area (Å²) in [4.78, 5) is 14.3. The highest BCUT2D eigenvalue weighted by Gasteiger charge is 2.18. The number of hydrogen-bond donors (Lipinski definition) is 0. The van der Waals surface area contributed by atoms with E-state index in [0.29, 0.717) is 15.6 Å². The molecule has 0 fully saturated rings. The second kappa shape index (κ2) is 4.08. The number of rotatable bonds is 2. The van der Waals surface area contributed by atoms with Crippen LogP contribution in [0.2, 0.25) is 0 Å². The number of pyridine rings is 1. The Kier molecular flexibility index (Phi) is 3.29. The van der Waals surface area contributed by atoms with Crippen LogP contribution in [0.1, 0.15) is 28.0 Å². The minimum atomic E-state index is -2.63. The zero-order valence-corrected chi connectivity index (χ0v) is 8.88. The monoisotopic (exact) mass is 297 g/mol. The van der Waals surface area contributed by atoms with Gasteiger partial charge >= 0.3 is 0 Å². The molecule has 0 radical (unpaired) electrons. The van der Waals surface area contributed by atoms with E-state index in [1.54, 1.807) is 22.6 Å². The average Bonchev–Trinajstić information content (AvgIpc) is 2.07. The zero-order chi connectivity index (χ0) is 10.0. The van der Waals surface area contributed by atoms with Gasteiger partial charge in [-0.25, -0.2) is 8.78 Å². The SMILES string of the molecule is Cc1ncc(I)c(C(F)F)c1C=O. The van der Waals surface area contributed by atoms with Gasteiger partial charge in [-0.1, -0.05) is 0 Å². The topological polar surface area (TPSA) is 30.0 Å². The largest absolute Gasteiger partial charge is 0.298 e. The van der Waals surface area contributed by atoms with Gasteiger partial charge in [-0.15, -0.1) is 0 Å². The summed E-state index contributed by atoms with van der Waals surface area (Å²) in [7, 11) is 0. The molecule has 0 atom stereocenters. The van der Waals surface area contributed by atoms with E-state index in [1.165, 1.54) is 13.1 Å². The fraction of sp³-hybridized carbons (Fsp3) is 0.250. The van der Waals surface area contributed by atoms with Crippen molar-refractivity contribution in [2.24, 2.45) is 0 Å². The number of nitrogens with zero attached hydrogens (tertiary/aromatic N) is 1. The number of aryl methyl sites for hydroxylation is 1. The maximum Gasteiger partial charge on any atom is 0.265 e. The Morgan fingerprint density at radius 2 is 2.23 bits per heavy atom. The lowest BCUT2D eigenvalue weighted by Crippen LogP contribution is -2.02. The number of halogens is 3. The van der Waals surface area contributed by atoms with Gasteiger partial charge in [0, 0.05) is 26.6 Å². The van der Waals surface area contributed by atoms with Gasteiger partial charge in [-0.3, -0.25) is 9.78 Å². The lowest BCUT2D eigenvalue weighted by molar-refractivity contribution is 0.110. The molecule has 1 heterocycles. The highest BCUT2D eigenvalue weighted by atomic mass is 127. The third kappa shape index (κ3) is 2.01. The van der Waals surface area contributed by atoms with E-state index in [1.807, 2.05) is 0 Å². The van der Waals surface area contributed by atoms with Gasteiger partial charge < -0.3 is 0 Å². The number of carbonyl (C=O) groups is 1. The highest BCUT2D eigenvalue weighted by Crippen LogP contribution is 2.27. The summed E-state index contributed by atoms with van der Waals surface area (Å²) in [6.07, 6.45) is -0.870. The van der Waals surface area contributed by atoms with Gasteiger partial charge in [-0.2, -0.15) is 0 Å². The van der Waals surface area contributed by atoms with Gasteiger partial charge in [0.15, 0.2) is 6.29 Å².